The van der Waals surface area contributed by atoms with Crippen LogP contribution >= 0.6 is 8.03 Å². The van der Waals surface area contributed by atoms with Gasteiger partial charge in [-0.2, -0.15) is 0 Å². The lowest BCUT2D eigenvalue weighted by Gasteiger charge is -2.22. The number of ether oxygens (including phenoxy) is 1. The van der Waals surface area contributed by atoms with Gasteiger partial charge in [0.25, 0.3) is 0 Å². The average Bonchev–Trinajstić information content (AvgIpc) is 2.85. The SMILES string of the molecule is CO[PH](=O)CC(O)CC(=O)OCCc1c(C(C)C)nc(-c2ccccc2)c(C)c1-c1ccc(F)cc1. The molecule has 0 aliphatic heterocycles. The van der Waals surface area contributed by atoms with E-state index in [1.807, 2.05) is 37.3 Å². The monoisotopic (exact) mass is 513 g/mol. The second-order valence-corrected chi connectivity index (χ2v) is 10.5. The van der Waals surface area contributed by atoms with Gasteiger partial charge < -0.3 is 14.4 Å². The first kappa shape index (κ1) is 27.7. The topological polar surface area (TPSA) is 85.7 Å². The summed E-state index contributed by atoms with van der Waals surface area (Å²) >= 11 is 0. The maximum absolute atomic E-state index is 13.7. The van der Waals surface area contributed by atoms with Crippen molar-refractivity contribution in [2.45, 2.75) is 45.6 Å². The van der Waals surface area contributed by atoms with Crippen LogP contribution in [0.25, 0.3) is 22.4 Å². The fourth-order valence-corrected chi connectivity index (χ4v) is 4.92. The highest BCUT2D eigenvalue weighted by molar-refractivity contribution is 7.39. The standard InChI is InChI=1S/C28H33FNO5P/c1-18(2)27-24(14-15-35-25(32)16-23(31)17-36(33)34-4)26(20-10-12-22(29)13-11-20)19(3)28(30-27)21-8-6-5-7-9-21/h5-13,18,23,31,36H,14-17H2,1-4H3. The van der Waals surface area contributed by atoms with Gasteiger partial charge in [0.1, 0.15) is 5.82 Å². The molecule has 0 saturated heterocycles. The van der Waals surface area contributed by atoms with E-state index in [0.717, 1.165) is 39.2 Å². The predicted octanol–water partition coefficient (Wildman–Crippen LogP) is 5.94. The lowest BCUT2D eigenvalue weighted by atomic mass is 9.87. The zero-order chi connectivity index (χ0) is 26.2. The number of aliphatic hydroxyl groups excluding tert-OH is 1. The van der Waals surface area contributed by atoms with Crippen LogP contribution in [0.3, 0.4) is 0 Å². The van der Waals surface area contributed by atoms with Crippen molar-refractivity contribution in [1.29, 1.82) is 0 Å². The molecule has 3 aromatic rings. The van der Waals surface area contributed by atoms with Crippen LogP contribution in [0.1, 0.15) is 43.0 Å². The van der Waals surface area contributed by atoms with Gasteiger partial charge >= 0.3 is 5.97 Å². The van der Waals surface area contributed by atoms with Crippen LogP contribution in [0.15, 0.2) is 54.6 Å². The Morgan fingerprint density at radius 2 is 1.75 bits per heavy atom. The highest BCUT2D eigenvalue weighted by Gasteiger charge is 2.22. The van der Waals surface area contributed by atoms with Gasteiger partial charge in [-0.05, 0) is 47.2 Å². The van der Waals surface area contributed by atoms with E-state index in [9.17, 15) is 18.9 Å². The minimum absolute atomic E-state index is 0.0880. The van der Waals surface area contributed by atoms with E-state index in [2.05, 4.69) is 13.8 Å². The Labute approximate surface area is 212 Å². The summed E-state index contributed by atoms with van der Waals surface area (Å²) in [7, 11) is -1.06. The van der Waals surface area contributed by atoms with Crippen molar-refractivity contribution in [2.75, 3.05) is 19.9 Å². The van der Waals surface area contributed by atoms with E-state index in [1.54, 1.807) is 12.1 Å². The number of hydrogen-bond donors (Lipinski definition) is 1. The Hall–Kier alpha value is -2.86. The van der Waals surface area contributed by atoms with Crippen LogP contribution in [0.2, 0.25) is 0 Å². The van der Waals surface area contributed by atoms with Crippen LogP contribution in [0.5, 0.6) is 0 Å². The summed E-state index contributed by atoms with van der Waals surface area (Å²) in [5.74, 6) is -0.803. The van der Waals surface area contributed by atoms with E-state index >= 15 is 0 Å². The third-order valence-corrected chi connectivity index (χ3v) is 7.21. The van der Waals surface area contributed by atoms with Crippen LogP contribution in [-0.4, -0.2) is 42.0 Å². The van der Waals surface area contributed by atoms with Gasteiger partial charge in [-0.25, -0.2) is 4.39 Å². The number of aliphatic hydroxyl groups is 1. The van der Waals surface area contributed by atoms with Crippen LogP contribution in [-0.2, 0) is 25.0 Å². The third-order valence-electron chi connectivity index (χ3n) is 5.95. The molecular weight excluding hydrogens is 480 g/mol. The number of hydrogen-bond acceptors (Lipinski definition) is 6. The van der Waals surface area contributed by atoms with Gasteiger partial charge in [0.05, 0.1) is 24.8 Å². The number of carbonyl (C=O) groups excluding carboxylic acids is 1. The summed E-state index contributed by atoms with van der Waals surface area (Å²) in [6.07, 6.45) is -1.03. The molecule has 1 N–H and O–H groups in total. The van der Waals surface area contributed by atoms with E-state index in [-0.39, 0.29) is 30.9 Å². The van der Waals surface area contributed by atoms with Crippen LogP contribution in [0.4, 0.5) is 4.39 Å². The molecule has 1 heterocycles. The van der Waals surface area contributed by atoms with E-state index in [0.29, 0.717) is 6.42 Å². The first-order chi connectivity index (χ1) is 17.2. The highest BCUT2D eigenvalue weighted by Crippen LogP contribution is 2.37. The number of benzene rings is 2. The fourth-order valence-electron chi connectivity index (χ4n) is 4.23. The van der Waals surface area contributed by atoms with Crippen molar-refractivity contribution in [2.24, 2.45) is 0 Å². The second kappa shape index (κ2) is 12.9. The predicted molar refractivity (Wildman–Crippen MR) is 140 cm³/mol. The smallest absolute Gasteiger partial charge is 0.308 e. The van der Waals surface area contributed by atoms with Crippen molar-refractivity contribution in [1.82, 2.24) is 4.98 Å². The first-order valence-corrected chi connectivity index (χ1v) is 13.5. The van der Waals surface area contributed by atoms with Crippen molar-refractivity contribution in [3.05, 3.63) is 77.2 Å². The van der Waals surface area contributed by atoms with Crippen LogP contribution < -0.4 is 0 Å². The largest absolute Gasteiger partial charge is 0.465 e. The summed E-state index contributed by atoms with van der Waals surface area (Å²) in [6, 6.07) is 16.3. The fraction of sp³-hybridized carbons (Fsp3) is 0.357. The Balaban J connectivity index is 1.95. The molecule has 0 amide bonds. The number of aromatic nitrogens is 1. The molecule has 1 aromatic heterocycles. The lowest BCUT2D eigenvalue weighted by molar-refractivity contribution is -0.145. The Morgan fingerprint density at radius 1 is 1.08 bits per heavy atom. The maximum Gasteiger partial charge on any atom is 0.308 e. The highest BCUT2D eigenvalue weighted by atomic mass is 31.1. The van der Waals surface area contributed by atoms with E-state index in [4.69, 9.17) is 14.2 Å². The molecule has 0 radical (unpaired) electrons. The lowest BCUT2D eigenvalue weighted by Crippen LogP contribution is -2.19. The molecule has 0 bridgehead atoms. The third kappa shape index (κ3) is 7.10. The zero-order valence-corrected chi connectivity index (χ0v) is 22.1. The Bertz CT molecular complexity index is 1200. The van der Waals surface area contributed by atoms with Gasteiger partial charge in [0.15, 0.2) is 8.03 Å². The van der Waals surface area contributed by atoms with Gasteiger partial charge in [-0.1, -0.05) is 56.3 Å². The van der Waals surface area contributed by atoms with Crippen molar-refractivity contribution >= 4 is 14.0 Å². The van der Waals surface area contributed by atoms with Gasteiger partial charge in [0, 0.05) is 30.9 Å². The second-order valence-electron chi connectivity index (χ2n) is 8.96. The molecule has 2 unspecified atom stereocenters. The molecule has 2 atom stereocenters. The maximum atomic E-state index is 13.7. The quantitative estimate of drug-likeness (QED) is 0.252. The van der Waals surface area contributed by atoms with Crippen molar-refractivity contribution in [3.63, 3.8) is 0 Å². The zero-order valence-electron chi connectivity index (χ0n) is 21.1. The normalized spacial score (nSPS) is 13.0. The van der Waals surface area contributed by atoms with Crippen molar-refractivity contribution < 1.29 is 28.1 Å². The molecule has 2 aromatic carbocycles. The Morgan fingerprint density at radius 3 is 2.36 bits per heavy atom. The molecule has 0 spiro atoms. The van der Waals surface area contributed by atoms with E-state index in [1.165, 1.54) is 19.2 Å². The molecule has 192 valence electrons. The molecule has 8 heteroatoms. The first-order valence-electron chi connectivity index (χ1n) is 12.0. The number of rotatable bonds is 11. The number of pyridine rings is 1. The summed E-state index contributed by atoms with van der Waals surface area (Å²) in [4.78, 5) is 17.3. The summed E-state index contributed by atoms with van der Waals surface area (Å²) < 4.78 is 35.3. The Kier molecular flexibility index (Phi) is 9.94. The summed E-state index contributed by atoms with van der Waals surface area (Å²) in [6.45, 7) is 6.21. The minimum Gasteiger partial charge on any atom is -0.465 e. The number of carbonyl (C=O) groups is 1. The summed E-state index contributed by atoms with van der Waals surface area (Å²) in [5, 5.41) is 9.95. The van der Waals surface area contributed by atoms with E-state index < -0.39 is 20.1 Å². The minimum atomic E-state index is -2.36. The molecule has 0 aliphatic rings. The molecule has 6 nitrogen and oxygen atoms in total. The van der Waals surface area contributed by atoms with Gasteiger partial charge in [0.2, 0.25) is 0 Å². The molecule has 0 aliphatic carbocycles. The van der Waals surface area contributed by atoms with Crippen LogP contribution in [0, 0.1) is 12.7 Å². The molecule has 3 rings (SSSR count). The van der Waals surface area contributed by atoms with Gasteiger partial charge in [-0.15, -0.1) is 0 Å². The average molecular weight is 514 g/mol. The molecule has 0 saturated carbocycles. The molecular formula is C28H33FNO5P. The molecule has 0 fully saturated rings. The number of nitrogens with zero attached hydrogens (tertiary/aromatic N) is 1. The molecule has 36 heavy (non-hydrogen) atoms. The number of halogens is 1. The van der Waals surface area contributed by atoms with Crippen molar-refractivity contribution in [3.8, 4) is 22.4 Å². The number of esters is 1. The van der Waals surface area contributed by atoms with Gasteiger partial charge in [-0.3, -0.25) is 14.3 Å². The summed E-state index contributed by atoms with van der Waals surface area (Å²) in [5.41, 5.74) is 6.43.